The summed E-state index contributed by atoms with van der Waals surface area (Å²) in [4.78, 5) is 68.5. The van der Waals surface area contributed by atoms with E-state index in [-0.39, 0.29) is 37.5 Å². The molecule has 0 saturated heterocycles. The summed E-state index contributed by atoms with van der Waals surface area (Å²) >= 11 is 1.49. The Hall–Kier alpha value is -4.83. The normalized spacial score (nSPS) is 13.5. The van der Waals surface area contributed by atoms with Crippen molar-refractivity contribution in [1.29, 1.82) is 0 Å². The minimum Gasteiger partial charge on any atom is -0.508 e. The van der Waals surface area contributed by atoms with Gasteiger partial charge in [0.1, 0.15) is 25.3 Å². The molecule has 0 aliphatic rings. The van der Waals surface area contributed by atoms with Crippen LogP contribution >= 0.6 is 11.8 Å². The molecular weight excluding hydrogens is 638 g/mol. The Labute approximate surface area is 285 Å². The van der Waals surface area contributed by atoms with Gasteiger partial charge in [0.25, 0.3) is 0 Å². The molecule has 0 heterocycles. The third kappa shape index (κ3) is 15.2. The van der Waals surface area contributed by atoms with Crippen molar-refractivity contribution in [1.82, 2.24) is 21.3 Å². The number of aromatic hydroxyl groups is 1. The van der Waals surface area contributed by atoms with E-state index in [1.54, 1.807) is 12.1 Å². The van der Waals surface area contributed by atoms with Crippen molar-refractivity contribution in [2.45, 2.75) is 62.7 Å². The lowest BCUT2D eigenvalue weighted by Crippen LogP contribution is -2.55. The van der Waals surface area contributed by atoms with E-state index >= 15 is 0 Å². The number of aryl methyl sites for hydroxylation is 1. The van der Waals surface area contributed by atoms with Crippen LogP contribution in [-0.4, -0.2) is 89.9 Å². The zero-order valence-electron chi connectivity index (χ0n) is 27.9. The Morgan fingerprint density at radius 1 is 0.833 bits per heavy atom. The van der Waals surface area contributed by atoms with Crippen LogP contribution in [0.5, 0.6) is 5.75 Å². The van der Waals surface area contributed by atoms with E-state index in [1.807, 2.05) is 36.6 Å². The van der Waals surface area contributed by atoms with Crippen LogP contribution in [0.1, 0.15) is 36.8 Å². The lowest BCUT2D eigenvalue weighted by molar-refractivity contribution is -0.132. The Morgan fingerprint density at radius 2 is 1.50 bits per heavy atom. The van der Waals surface area contributed by atoms with Gasteiger partial charge < -0.3 is 49.3 Å². The topological polar surface area (TPSA) is 270 Å². The number of hydrogen-bond acceptors (Lipinski definition) is 9. The molecule has 13 N–H and O–H groups in total. The molecule has 0 aliphatic heterocycles. The van der Waals surface area contributed by atoms with Crippen LogP contribution in [0.2, 0.25) is 1.41 Å². The van der Waals surface area contributed by atoms with Crippen LogP contribution in [0.4, 0.5) is 0 Å². The van der Waals surface area contributed by atoms with Crippen LogP contribution < -0.4 is 44.2 Å². The summed E-state index contributed by atoms with van der Waals surface area (Å²) in [5, 5.41) is 19.9. The summed E-state index contributed by atoms with van der Waals surface area (Å²) in [5.41, 5.74) is 20.1. The van der Waals surface area contributed by atoms with Crippen molar-refractivity contribution >= 4 is 47.3 Å². The van der Waals surface area contributed by atoms with E-state index in [0.717, 1.165) is 5.56 Å². The first-order valence-corrected chi connectivity index (χ1v) is 16.8. The van der Waals surface area contributed by atoms with Crippen LogP contribution in [0.15, 0.2) is 59.6 Å². The molecule has 48 heavy (non-hydrogen) atoms. The van der Waals surface area contributed by atoms with Crippen molar-refractivity contribution in [3.8, 4) is 5.75 Å². The van der Waals surface area contributed by atoms with E-state index in [9.17, 15) is 29.1 Å². The second-order valence-electron chi connectivity index (χ2n) is 11.0. The SMILES string of the molecule is [2H]N[C@@H](Cc1ccc(O)cc1)C(=O)N[C@@H](CCCN=C(N)N)C(=O)NCC(=O)N[C@@H](CCc1ccccc1)C(=O)N[C@@H](CCSC)C(N)=O. The van der Waals surface area contributed by atoms with E-state index in [1.165, 1.54) is 23.9 Å². The molecule has 2 aromatic carbocycles. The first-order chi connectivity index (χ1) is 23.4. The average Bonchev–Trinajstić information content (AvgIpc) is 3.08. The molecule has 0 bridgehead atoms. The van der Waals surface area contributed by atoms with Gasteiger partial charge in [-0.05, 0) is 73.8 Å². The maximum absolute atomic E-state index is 13.3. The number of phenolic OH excluding ortho intramolecular Hbond substituents is 1. The molecule has 2 aromatic rings. The fourth-order valence-corrected chi connectivity index (χ4v) is 5.03. The predicted molar refractivity (Wildman–Crippen MR) is 185 cm³/mol. The summed E-state index contributed by atoms with van der Waals surface area (Å²) in [6, 6.07) is 11.3. The lowest BCUT2D eigenvalue weighted by Gasteiger charge is -2.23. The summed E-state index contributed by atoms with van der Waals surface area (Å²) in [5.74, 6) is -2.78. The number of guanidine groups is 1. The Balaban J connectivity index is 2.11. The number of aliphatic imine (C=N–C) groups is 1. The van der Waals surface area contributed by atoms with Gasteiger partial charge in [0, 0.05) is 6.54 Å². The van der Waals surface area contributed by atoms with E-state index < -0.39 is 60.2 Å². The van der Waals surface area contributed by atoms with Crippen molar-refractivity contribution in [3.05, 3.63) is 65.7 Å². The fourth-order valence-electron chi connectivity index (χ4n) is 4.56. The van der Waals surface area contributed by atoms with Gasteiger partial charge in [0.15, 0.2) is 5.96 Å². The number of phenols is 1. The Morgan fingerprint density at radius 3 is 2.12 bits per heavy atom. The first-order valence-electron chi connectivity index (χ1n) is 15.9. The van der Waals surface area contributed by atoms with Gasteiger partial charge in [-0.2, -0.15) is 11.8 Å². The summed E-state index contributed by atoms with van der Waals surface area (Å²) in [6.07, 6.45) is 3.33. The van der Waals surface area contributed by atoms with Crippen LogP contribution in [0.3, 0.4) is 0 Å². The van der Waals surface area contributed by atoms with Crippen molar-refractivity contribution in [3.63, 3.8) is 0 Å². The molecule has 5 amide bonds. The molecular formula is C32H47N9O6S. The molecule has 0 saturated carbocycles. The van der Waals surface area contributed by atoms with Crippen LogP contribution in [0, 0.1) is 0 Å². The van der Waals surface area contributed by atoms with Crippen LogP contribution in [-0.2, 0) is 36.8 Å². The van der Waals surface area contributed by atoms with Crippen molar-refractivity contribution < 1.29 is 30.5 Å². The number of primary amides is 1. The number of hydrogen-bond donors (Lipinski definition) is 9. The number of nitrogens with zero attached hydrogens (tertiary/aromatic N) is 1. The summed E-state index contributed by atoms with van der Waals surface area (Å²) < 4.78 is 7.66. The molecule has 0 radical (unpaired) electrons. The number of rotatable bonds is 22. The van der Waals surface area contributed by atoms with Gasteiger partial charge in [-0.1, -0.05) is 42.5 Å². The van der Waals surface area contributed by atoms with Gasteiger partial charge in [-0.15, -0.1) is 0 Å². The van der Waals surface area contributed by atoms with E-state index in [4.69, 9.17) is 18.6 Å². The van der Waals surface area contributed by atoms with Crippen LogP contribution in [0.25, 0.3) is 0 Å². The van der Waals surface area contributed by atoms with Gasteiger partial charge in [-0.25, -0.2) is 0 Å². The number of nitrogens with one attached hydrogen (secondary N) is 4. The highest BCUT2D eigenvalue weighted by atomic mass is 32.2. The van der Waals surface area contributed by atoms with Gasteiger partial charge in [-0.3, -0.25) is 29.0 Å². The van der Waals surface area contributed by atoms with Gasteiger partial charge in [0.2, 0.25) is 29.5 Å². The number of thioether (sulfide) groups is 1. The molecule has 0 aromatic heterocycles. The lowest BCUT2D eigenvalue weighted by atomic mass is 10.0. The quantitative estimate of drug-likeness (QED) is 0.0404. The van der Waals surface area contributed by atoms with Crippen molar-refractivity contribution in [2.24, 2.45) is 27.9 Å². The summed E-state index contributed by atoms with van der Waals surface area (Å²) in [6.45, 7) is -0.342. The molecule has 2 rings (SSSR count). The number of nitrogens with two attached hydrogens (primary N) is 4. The molecule has 0 spiro atoms. The fraction of sp³-hybridized carbons (Fsp3) is 0.438. The maximum atomic E-state index is 13.3. The largest absolute Gasteiger partial charge is 0.508 e. The van der Waals surface area contributed by atoms with Gasteiger partial charge >= 0.3 is 0 Å². The predicted octanol–water partition coefficient (Wildman–Crippen LogP) is -1.24. The number of carbonyl (C=O) groups excluding carboxylic acids is 5. The number of amides is 5. The molecule has 0 fully saturated rings. The zero-order valence-corrected chi connectivity index (χ0v) is 27.8. The van der Waals surface area contributed by atoms with E-state index in [2.05, 4.69) is 32.0 Å². The molecule has 0 aliphatic carbocycles. The highest BCUT2D eigenvalue weighted by Crippen LogP contribution is 2.11. The Kier molecular flexibility index (Phi) is 16.6. The second-order valence-corrected chi connectivity index (χ2v) is 12.0. The second kappa shape index (κ2) is 21.1. The minimum absolute atomic E-state index is 0.0503. The number of benzene rings is 2. The highest BCUT2D eigenvalue weighted by Gasteiger charge is 2.27. The third-order valence-corrected chi connectivity index (χ3v) is 7.82. The number of carbonyl (C=O) groups is 5. The monoisotopic (exact) mass is 686 g/mol. The standard InChI is InChI=1S/C32H47N9O6S/c1-48-17-15-24(28(34)44)40-31(47)26(14-11-20-6-3-2-4-7-20)39-27(43)19-38-30(46)25(8-5-16-37-32(35)36)41-29(45)23(33)18-21-9-12-22(42)13-10-21/h2-4,6-7,9-10,12-13,23-26,42H,5,8,11,14-19,33H2,1H3,(H2,34,44)(H,38,46)(H,39,43)(H,40,47)(H,41,45)(H4,35,36,37)/t23-,24-,25-,26-/m0/s1/i/hD. The molecule has 262 valence electrons. The molecule has 0 unspecified atom stereocenters. The molecule has 15 nitrogen and oxygen atoms in total. The smallest absolute Gasteiger partial charge is 0.243 e. The third-order valence-electron chi connectivity index (χ3n) is 7.18. The average molecular weight is 687 g/mol. The molecule has 16 heteroatoms. The minimum atomic E-state index is -1.12. The zero-order chi connectivity index (χ0) is 36.2. The van der Waals surface area contributed by atoms with E-state index in [0.29, 0.717) is 30.6 Å². The highest BCUT2D eigenvalue weighted by molar-refractivity contribution is 7.98. The van der Waals surface area contributed by atoms with Crippen molar-refractivity contribution in [2.75, 3.05) is 25.1 Å². The van der Waals surface area contributed by atoms with Gasteiger partial charge in [0.05, 0.1) is 12.6 Å². The first kappa shape index (κ1) is 37.6. The summed E-state index contributed by atoms with van der Waals surface area (Å²) in [7, 11) is 0. The molecule has 4 atom stereocenters. The maximum Gasteiger partial charge on any atom is 0.243 e. The Bertz CT molecular complexity index is 1400.